The Labute approximate surface area is 692 Å². The molecule has 25 nitrogen and oxygen atoms in total. The topological polar surface area (TPSA) is 380 Å². The van der Waals surface area contributed by atoms with Crippen LogP contribution in [-0.4, -0.2) is 205 Å². The fraction of sp³-hybridized carbons (Fsp3) is 0.910. The molecule has 115 heavy (non-hydrogen) atoms. The van der Waals surface area contributed by atoms with Crippen molar-refractivity contribution in [2.75, 3.05) is 26.4 Å². The van der Waals surface area contributed by atoms with Crippen LogP contribution in [0.3, 0.4) is 0 Å². The van der Waals surface area contributed by atoms with Gasteiger partial charge >= 0.3 is 31.7 Å². The van der Waals surface area contributed by atoms with Gasteiger partial charge in [-0.25, -0.2) is 4.57 Å². The summed E-state index contributed by atoms with van der Waals surface area (Å²) in [4.78, 5) is 66.3. The van der Waals surface area contributed by atoms with Gasteiger partial charge in [-0.15, -0.1) is 0 Å². The molecule has 3 rings (SSSR count). The van der Waals surface area contributed by atoms with Gasteiger partial charge in [0.2, 0.25) is 0 Å². The van der Waals surface area contributed by atoms with Gasteiger partial charge in [0, 0.05) is 25.7 Å². The van der Waals surface area contributed by atoms with E-state index >= 15 is 0 Å². The summed E-state index contributed by atoms with van der Waals surface area (Å²) in [6.07, 6.45) is 27.5. The Morgan fingerprint density at radius 2 is 0.652 bits per heavy atom. The molecular weight excluding hydrogens is 1500 g/mol. The highest BCUT2D eigenvalue weighted by Gasteiger charge is 2.60. The summed E-state index contributed by atoms with van der Waals surface area (Å²) >= 11 is 0. The molecule has 18 atom stereocenters. The number of allylic oxidation sites excluding steroid dienone is 4. The molecule has 0 bridgehead atoms. The molecular formula is C89H163O25P. The van der Waals surface area contributed by atoms with E-state index in [4.69, 9.17) is 46.9 Å². The number of unbranched alkanes of at least 4 members (excludes halogenated alkanes) is 46. The Morgan fingerprint density at radius 1 is 0.339 bits per heavy atom. The zero-order valence-corrected chi connectivity index (χ0v) is 72.5. The monoisotopic (exact) mass is 1660 g/mol. The van der Waals surface area contributed by atoms with Crippen LogP contribution in [0.25, 0.3) is 0 Å². The molecule has 1 saturated carbocycles. The molecule has 0 radical (unpaired) electrons. The van der Waals surface area contributed by atoms with Crippen LogP contribution in [0.1, 0.15) is 387 Å². The molecule has 674 valence electrons. The summed E-state index contributed by atoms with van der Waals surface area (Å²) < 4.78 is 73.3. The van der Waals surface area contributed by atoms with Crippen molar-refractivity contribution in [2.24, 2.45) is 0 Å². The maximum Gasteiger partial charge on any atom is 0.472 e. The first kappa shape index (κ1) is 106. The summed E-state index contributed by atoms with van der Waals surface area (Å²) in [7, 11) is -5.80. The molecule has 0 aromatic rings. The van der Waals surface area contributed by atoms with Crippen LogP contribution in [-0.2, 0) is 70.7 Å². The van der Waals surface area contributed by atoms with E-state index in [9.17, 15) is 74.6 Å². The highest BCUT2D eigenvalue weighted by atomic mass is 31.2. The fourth-order valence-electron chi connectivity index (χ4n) is 15.1. The average molecular weight is 1660 g/mol. The van der Waals surface area contributed by atoms with Crippen molar-refractivity contribution in [1.29, 1.82) is 0 Å². The summed E-state index contributed by atoms with van der Waals surface area (Å²) in [5.41, 5.74) is 0. The number of carbonyl (C=O) groups excluding carboxylic acids is 4. The molecule has 3 aliphatic rings. The molecule has 0 aromatic heterocycles. The van der Waals surface area contributed by atoms with Crippen molar-refractivity contribution in [1.82, 2.24) is 0 Å². The Morgan fingerprint density at radius 3 is 1.04 bits per heavy atom. The number of aliphatic hydroxyl groups excluding tert-OH is 9. The van der Waals surface area contributed by atoms with Crippen molar-refractivity contribution in [3.05, 3.63) is 24.3 Å². The highest BCUT2D eigenvalue weighted by molar-refractivity contribution is 7.47. The number of rotatable bonds is 74. The van der Waals surface area contributed by atoms with E-state index < -0.39 is 162 Å². The van der Waals surface area contributed by atoms with Crippen molar-refractivity contribution >= 4 is 31.7 Å². The first-order valence-electron chi connectivity index (χ1n) is 46.1. The standard InChI is InChI=1S/C89H163O25P/c1-5-9-13-17-21-25-29-33-35-39-42-46-50-54-58-62-73(92)106-68-71-77(96)79(98)83(102)89(110-71)113-86-84(111-75(94)64-60-56-52-48-44-40-36-34-30-26-22-18-14-10-6-2)80(99)81(100)85(112-88-82(101)78(97)76(95)70(65-90)109-88)87(86)114-115(103,104)107-67-69(108-74(93)63-59-55-51-47-43-38-32-28-24-20-16-12-8-4)66-105-72(91)61-57-53-49-45-41-37-31-27-23-19-15-11-7-3/h25-26,29-30,69-71,76-90,95-102H,5-24,27-28,31-68H2,1-4H3,(H,103,104)/b29-25-,30-26-. The number of ether oxygens (including phenoxy) is 8. The van der Waals surface area contributed by atoms with Gasteiger partial charge in [-0.1, -0.05) is 309 Å². The van der Waals surface area contributed by atoms with Crippen molar-refractivity contribution in [3.8, 4) is 0 Å². The number of phosphoric acid groups is 1. The van der Waals surface area contributed by atoms with E-state index in [0.29, 0.717) is 32.1 Å². The fourth-order valence-corrected chi connectivity index (χ4v) is 16.0. The predicted octanol–water partition coefficient (Wildman–Crippen LogP) is 16.5. The van der Waals surface area contributed by atoms with E-state index in [1.165, 1.54) is 141 Å². The summed E-state index contributed by atoms with van der Waals surface area (Å²) in [5.74, 6) is -2.97. The minimum Gasteiger partial charge on any atom is -0.463 e. The maximum absolute atomic E-state index is 14.9. The third kappa shape index (κ3) is 49.0. The number of aliphatic hydroxyl groups is 9. The van der Waals surface area contributed by atoms with E-state index in [0.717, 1.165) is 161 Å². The van der Waals surface area contributed by atoms with Gasteiger partial charge in [-0.3, -0.25) is 28.2 Å². The van der Waals surface area contributed by atoms with Crippen LogP contribution in [0.5, 0.6) is 0 Å². The SMILES string of the molecule is CCCCCC/C=C\CCCCCCCCCC(=O)OCC1OC(OC2C(OC(=O)CCCCCCCCC/C=C\CCCCCC)C(O)C(O)C(OC3OC(CO)C(O)C(O)C3O)C2OP(=O)(O)OCC(COC(=O)CCCCCCCCCCCCCCC)OC(=O)CCCCCCCCCCCCCCC)C(O)C(O)C1O. The second-order valence-corrected chi connectivity index (χ2v) is 34.2. The van der Waals surface area contributed by atoms with Crippen LogP contribution in [0, 0.1) is 0 Å². The molecule has 1 aliphatic carbocycles. The van der Waals surface area contributed by atoms with E-state index in [-0.39, 0.29) is 25.7 Å². The minimum absolute atomic E-state index is 0.00916. The van der Waals surface area contributed by atoms with Gasteiger partial charge in [0.25, 0.3) is 0 Å². The zero-order chi connectivity index (χ0) is 84.0. The number of phosphoric ester groups is 1. The van der Waals surface area contributed by atoms with Gasteiger partial charge in [-0.2, -0.15) is 0 Å². The highest BCUT2D eigenvalue weighted by Crippen LogP contribution is 2.49. The molecule has 0 aromatic carbocycles. The predicted molar refractivity (Wildman–Crippen MR) is 444 cm³/mol. The molecule has 2 aliphatic heterocycles. The van der Waals surface area contributed by atoms with Crippen LogP contribution >= 0.6 is 7.82 Å². The normalized spacial score (nSPS) is 25.3. The summed E-state index contributed by atoms with van der Waals surface area (Å²) in [6, 6.07) is 0. The smallest absolute Gasteiger partial charge is 0.463 e. The van der Waals surface area contributed by atoms with Crippen LogP contribution < -0.4 is 0 Å². The second kappa shape index (κ2) is 68.5. The lowest BCUT2D eigenvalue weighted by molar-refractivity contribution is -0.360. The Bertz CT molecular complexity index is 2490. The largest absolute Gasteiger partial charge is 0.472 e. The number of hydrogen-bond acceptors (Lipinski definition) is 24. The molecule has 3 fully saturated rings. The first-order chi connectivity index (χ1) is 55.7. The quantitative estimate of drug-likeness (QED) is 0.00889. The van der Waals surface area contributed by atoms with E-state index in [2.05, 4.69) is 52.0 Å². The lowest BCUT2D eigenvalue weighted by Crippen LogP contribution is -2.70. The first-order valence-corrected chi connectivity index (χ1v) is 47.6. The van der Waals surface area contributed by atoms with E-state index in [1.807, 2.05) is 0 Å². The molecule has 0 spiro atoms. The van der Waals surface area contributed by atoms with Gasteiger partial charge in [-0.05, 0) is 77.0 Å². The Hall–Kier alpha value is -3.05. The van der Waals surface area contributed by atoms with Gasteiger partial charge in [0.15, 0.2) is 24.8 Å². The minimum atomic E-state index is -5.80. The maximum atomic E-state index is 14.9. The average Bonchev–Trinajstić information content (AvgIpc) is 0.756. The zero-order valence-electron chi connectivity index (χ0n) is 71.6. The van der Waals surface area contributed by atoms with Crippen LogP contribution in [0.15, 0.2) is 24.3 Å². The second-order valence-electron chi connectivity index (χ2n) is 32.8. The molecule has 2 heterocycles. The number of carbonyl (C=O) groups is 4. The van der Waals surface area contributed by atoms with Gasteiger partial charge < -0.3 is 88.7 Å². The number of hydrogen-bond donors (Lipinski definition) is 10. The Balaban J connectivity index is 1.93. The summed E-state index contributed by atoms with van der Waals surface area (Å²) in [5, 5.41) is 102. The van der Waals surface area contributed by atoms with Crippen LogP contribution in [0.4, 0.5) is 0 Å². The molecule has 10 N–H and O–H groups in total. The van der Waals surface area contributed by atoms with E-state index in [1.54, 1.807) is 0 Å². The Kier molecular flexibility index (Phi) is 63.2. The van der Waals surface area contributed by atoms with Crippen molar-refractivity contribution in [3.63, 3.8) is 0 Å². The molecule has 0 amide bonds. The third-order valence-electron chi connectivity index (χ3n) is 22.4. The van der Waals surface area contributed by atoms with Crippen LogP contribution in [0.2, 0.25) is 0 Å². The molecule has 2 saturated heterocycles. The lowest BCUT2D eigenvalue weighted by Gasteiger charge is -2.50. The molecule has 26 heteroatoms. The molecule has 18 unspecified atom stereocenters. The number of esters is 4. The van der Waals surface area contributed by atoms with Gasteiger partial charge in [0.1, 0.15) is 92.6 Å². The summed E-state index contributed by atoms with van der Waals surface area (Å²) in [6.45, 7) is 5.56. The lowest BCUT2D eigenvalue weighted by atomic mass is 9.84. The van der Waals surface area contributed by atoms with Gasteiger partial charge in [0.05, 0.1) is 13.2 Å². The van der Waals surface area contributed by atoms with Crippen molar-refractivity contribution in [2.45, 2.75) is 491 Å². The third-order valence-corrected chi connectivity index (χ3v) is 23.4. The van der Waals surface area contributed by atoms with Crippen molar-refractivity contribution < 1.29 is 122 Å².